The third kappa shape index (κ3) is 4.78. The number of rotatable bonds is 6. The highest BCUT2D eigenvalue weighted by atomic mass is 79.9. The van der Waals surface area contributed by atoms with Crippen LogP contribution in [0, 0.1) is 12.8 Å². The number of carboxylic acid groups (broad SMARTS) is 1. The minimum Gasteiger partial charge on any atom is -0.480 e. The number of nitrogens with one attached hydrogen (secondary N) is 1. The van der Waals surface area contributed by atoms with Gasteiger partial charge in [-0.15, -0.1) is 0 Å². The summed E-state index contributed by atoms with van der Waals surface area (Å²) in [5, 5.41) is 12.2. The Bertz CT molecular complexity index is 418. The van der Waals surface area contributed by atoms with Gasteiger partial charge < -0.3 is 10.4 Å². The molecule has 0 amide bonds. The maximum absolute atomic E-state index is 11.1. The molecule has 0 heterocycles. The zero-order valence-corrected chi connectivity index (χ0v) is 12.6. The summed E-state index contributed by atoms with van der Waals surface area (Å²) in [6.07, 6.45) is 0.644. The first kappa shape index (κ1) is 15.2. The summed E-state index contributed by atoms with van der Waals surface area (Å²) >= 11 is 3.45. The number of aliphatic carboxylic acids is 1. The van der Waals surface area contributed by atoms with E-state index in [1.54, 1.807) is 0 Å². The van der Waals surface area contributed by atoms with Gasteiger partial charge in [0.15, 0.2) is 0 Å². The molecular weight excluding hydrogens is 294 g/mol. The normalized spacial score (nSPS) is 12.7. The molecule has 0 fully saturated rings. The van der Waals surface area contributed by atoms with Gasteiger partial charge in [-0.2, -0.15) is 0 Å². The van der Waals surface area contributed by atoms with E-state index < -0.39 is 12.0 Å². The van der Waals surface area contributed by atoms with Crippen molar-refractivity contribution in [3.8, 4) is 0 Å². The van der Waals surface area contributed by atoms with E-state index in [4.69, 9.17) is 5.11 Å². The van der Waals surface area contributed by atoms with Gasteiger partial charge in [0.2, 0.25) is 0 Å². The highest BCUT2D eigenvalue weighted by molar-refractivity contribution is 9.10. The fourth-order valence-electron chi connectivity index (χ4n) is 1.80. The minimum atomic E-state index is -0.780. The Morgan fingerprint density at radius 1 is 1.44 bits per heavy atom. The van der Waals surface area contributed by atoms with E-state index in [-0.39, 0.29) is 0 Å². The van der Waals surface area contributed by atoms with E-state index in [0.29, 0.717) is 18.9 Å². The molecule has 100 valence electrons. The van der Waals surface area contributed by atoms with Crippen molar-refractivity contribution in [1.82, 2.24) is 5.32 Å². The van der Waals surface area contributed by atoms with Crippen molar-refractivity contribution in [3.63, 3.8) is 0 Å². The van der Waals surface area contributed by atoms with Gasteiger partial charge in [-0.3, -0.25) is 4.79 Å². The highest BCUT2D eigenvalue weighted by Gasteiger charge is 2.17. The van der Waals surface area contributed by atoms with Gasteiger partial charge in [0.05, 0.1) is 0 Å². The van der Waals surface area contributed by atoms with Crippen molar-refractivity contribution in [3.05, 3.63) is 33.8 Å². The van der Waals surface area contributed by atoms with Gasteiger partial charge in [-0.25, -0.2) is 0 Å². The maximum Gasteiger partial charge on any atom is 0.320 e. The van der Waals surface area contributed by atoms with E-state index in [0.717, 1.165) is 15.6 Å². The zero-order chi connectivity index (χ0) is 13.7. The summed E-state index contributed by atoms with van der Waals surface area (Å²) in [4.78, 5) is 11.1. The molecule has 1 rings (SSSR count). The molecule has 0 bridgehead atoms. The van der Waals surface area contributed by atoms with Gasteiger partial charge in [-0.1, -0.05) is 41.9 Å². The van der Waals surface area contributed by atoms with Crippen LogP contribution in [0.25, 0.3) is 0 Å². The summed E-state index contributed by atoms with van der Waals surface area (Å²) in [7, 11) is 0. The van der Waals surface area contributed by atoms with Crippen molar-refractivity contribution in [2.45, 2.75) is 39.8 Å². The molecule has 0 aliphatic carbocycles. The van der Waals surface area contributed by atoms with Gasteiger partial charge in [0.1, 0.15) is 6.04 Å². The Labute approximate surface area is 117 Å². The number of aryl methyl sites for hydroxylation is 1. The van der Waals surface area contributed by atoms with E-state index in [9.17, 15) is 4.79 Å². The number of halogens is 1. The average Bonchev–Trinajstić information content (AvgIpc) is 2.28. The van der Waals surface area contributed by atoms with E-state index in [1.165, 1.54) is 0 Å². The minimum absolute atomic E-state index is 0.366. The number of carbonyl (C=O) groups is 1. The van der Waals surface area contributed by atoms with Gasteiger partial charge in [0.25, 0.3) is 0 Å². The van der Waals surface area contributed by atoms with Gasteiger partial charge in [0, 0.05) is 11.0 Å². The van der Waals surface area contributed by atoms with Gasteiger partial charge in [-0.05, 0) is 36.5 Å². The van der Waals surface area contributed by atoms with Crippen LogP contribution in [0.2, 0.25) is 0 Å². The van der Waals surface area contributed by atoms with Crippen molar-refractivity contribution in [2.24, 2.45) is 5.92 Å². The van der Waals surface area contributed by atoms with Crippen LogP contribution in [-0.4, -0.2) is 17.1 Å². The second kappa shape index (κ2) is 6.90. The molecule has 0 spiro atoms. The fraction of sp³-hybridized carbons (Fsp3) is 0.500. The zero-order valence-electron chi connectivity index (χ0n) is 11.0. The Kier molecular flexibility index (Phi) is 5.82. The second-order valence-electron chi connectivity index (χ2n) is 4.98. The van der Waals surface area contributed by atoms with Crippen LogP contribution >= 0.6 is 15.9 Å². The smallest absolute Gasteiger partial charge is 0.320 e. The first-order valence-electron chi connectivity index (χ1n) is 6.11. The van der Waals surface area contributed by atoms with Crippen molar-refractivity contribution in [1.29, 1.82) is 0 Å². The third-order valence-corrected chi connectivity index (χ3v) is 3.67. The standard InChI is InChI=1S/C14H20BrNO2/c1-9(2)6-13(14(17)18)16-8-11-4-5-12(15)10(3)7-11/h4-5,7,9,13,16H,6,8H2,1-3H3,(H,17,18). The largest absolute Gasteiger partial charge is 0.480 e. The lowest BCUT2D eigenvalue weighted by atomic mass is 10.0. The number of benzene rings is 1. The van der Waals surface area contributed by atoms with E-state index in [2.05, 4.69) is 27.3 Å². The van der Waals surface area contributed by atoms with E-state index >= 15 is 0 Å². The first-order chi connectivity index (χ1) is 8.40. The highest BCUT2D eigenvalue weighted by Crippen LogP contribution is 2.17. The number of hydrogen-bond acceptors (Lipinski definition) is 2. The molecule has 18 heavy (non-hydrogen) atoms. The average molecular weight is 314 g/mol. The molecule has 1 aromatic carbocycles. The fourth-order valence-corrected chi connectivity index (χ4v) is 2.05. The quantitative estimate of drug-likeness (QED) is 0.846. The molecular formula is C14H20BrNO2. The summed E-state index contributed by atoms with van der Waals surface area (Å²) in [6.45, 7) is 6.66. The molecule has 0 aliphatic heterocycles. The first-order valence-corrected chi connectivity index (χ1v) is 6.90. The van der Waals surface area contributed by atoms with Crippen LogP contribution in [-0.2, 0) is 11.3 Å². The molecule has 2 N–H and O–H groups in total. The molecule has 0 aliphatic rings. The molecule has 0 saturated heterocycles. The Balaban J connectivity index is 2.61. The molecule has 4 heteroatoms. The lowest BCUT2D eigenvalue weighted by Gasteiger charge is -2.16. The number of carboxylic acids is 1. The molecule has 1 aromatic rings. The lowest BCUT2D eigenvalue weighted by molar-refractivity contribution is -0.140. The van der Waals surface area contributed by atoms with Gasteiger partial charge >= 0.3 is 5.97 Å². The van der Waals surface area contributed by atoms with Crippen molar-refractivity contribution >= 4 is 21.9 Å². The van der Waals surface area contributed by atoms with Crippen LogP contribution in [0.4, 0.5) is 0 Å². The summed E-state index contributed by atoms with van der Waals surface area (Å²) < 4.78 is 1.07. The molecule has 0 aromatic heterocycles. The van der Waals surface area contributed by atoms with E-state index in [1.807, 2.05) is 32.9 Å². The molecule has 1 unspecified atom stereocenters. The third-order valence-electron chi connectivity index (χ3n) is 2.78. The predicted octanol–water partition coefficient (Wildman–Crippen LogP) is 3.35. The van der Waals surface area contributed by atoms with Crippen LogP contribution in [0.3, 0.4) is 0 Å². The Morgan fingerprint density at radius 3 is 2.61 bits per heavy atom. The predicted molar refractivity (Wildman–Crippen MR) is 76.6 cm³/mol. The number of hydrogen-bond donors (Lipinski definition) is 2. The summed E-state index contributed by atoms with van der Waals surface area (Å²) in [6, 6.07) is 5.57. The summed E-state index contributed by atoms with van der Waals surface area (Å²) in [5.74, 6) is -0.414. The van der Waals surface area contributed by atoms with Crippen LogP contribution in [0.15, 0.2) is 22.7 Å². The summed E-state index contributed by atoms with van der Waals surface area (Å²) in [5.41, 5.74) is 2.26. The SMILES string of the molecule is Cc1cc(CNC(CC(C)C)C(=O)O)ccc1Br. The Morgan fingerprint density at radius 2 is 2.11 bits per heavy atom. The van der Waals surface area contributed by atoms with Crippen LogP contribution in [0.1, 0.15) is 31.4 Å². The topological polar surface area (TPSA) is 49.3 Å². The Hall–Kier alpha value is -0.870. The van der Waals surface area contributed by atoms with Crippen LogP contribution in [0.5, 0.6) is 0 Å². The van der Waals surface area contributed by atoms with Crippen LogP contribution < -0.4 is 5.32 Å². The maximum atomic E-state index is 11.1. The van der Waals surface area contributed by atoms with Crippen molar-refractivity contribution < 1.29 is 9.90 Å². The second-order valence-corrected chi connectivity index (χ2v) is 5.84. The molecule has 0 saturated carbocycles. The molecule has 1 atom stereocenters. The molecule has 0 radical (unpaired) electrons. The monoisotopic (exact) mass is 313 g/mol. The molecule has 3 nitrogen and oxygen atoms in total. The van der Waals surface area contributed by atoms with Crippen molar-refractivity contribution in [2.75, 3.05) is 0 Å². The lowest BCUT2D eigenvalue weighted by Crippen LogP contribution is -2.37.